The van der Waals surface area contributed by atoms with E-state index in [-0.39, 0.29) is 29.6 Å². The van der Waals surface area contributed by atoms with Gasteiger partial charge in [0, 0.05) is 24.8 Å². The molecule has 2 aromatic rings. The van der Waals surface area contributed by atoms with Gasteiger partial charge >= 0.3 is 0 Å². The molecule has 0 unspecified atom stereocenters. The van der Waals surface area contributed by atoms with Crippen molar-refractivity contribution in [1.82, 2.24) is 0 Å². The predicted octanol–water partition coefficient (Wildman–Crippen LogP) is 6.48. The molecule has 0 atom stereocenters. The third-order valence-electron chi connectivity index (χ3n) is 5.47. The monoisotopic (exact) mass is 474 g/mol. The maximum Gasteiger partial charge on any atom is 0.188 e. The SMILES string of the molecule is COCOc1ccc(C(C)(C)C)cc1P(c1cc(C(C)(C)C)ccc1OCOC)C(C)(C)C. The summed E-state index contributed by atoms with van der Waals surface area (Å²) in [5.74, 6) is 1.73. The van der Waals surface area contributed by atoms with Crippen LogP contribution in [0.4, 0.5) is 0 Å². The van der Waals surface area contributed by atoms with Gasteiger partial charge < -0.3 is 18.9 Å². The van der Waals surface area contributed by atoms with Crippen LogP contribution >= 0.6 is 7.92 Å². The van der Waals surface area contributed by atoms with Gasteiger partial charge in [-0.05, 0) is 59.3 Å². The van der Waals surface area contributed by atoms with Gasteiger partial charge in [0.05, 0.1) is 0 Å². The molecule has 0 N–H and O–H groups in total. The van der Waals surface area contributed by atoms with Crippen molar-refractivity contribution in [3.63, 3.8) is 0 Å². The Bertz CT molecular complexity index is 847. The Kier molecular flexibility index (Phi) is 9.01. The molecule has 0 saturated carbocycles. The Labute approximate surface area is 202 Å². The van der Waals surface area contributed by atoms with E-state index in [1.165, 1.54) is 21.7 Å². The van der Waals surface area contributed by atoms with Crippen LogP contribution in [0, 0.1) is 0 Å². The maximum absolute atomic E-state index is 6.10. The summed E-state index contributed by atoms with van der Waals surface area (Å²) in [5, 5.41) is 2.37. The molecule has 0 saturated heterocycles. The Morgan fingerprint density at radius 2 is 0.970 bits per heavy atom. The first kappa shape index (κ1) is 27.6. The van der Waals surface area contributed by atoms with Gasteiger partial charge in [-0.25, -0.2) is 0 Å². The maximum atomic E-state index is 6.10. The first-order valence-corrected chi connectivity index (χ1v) is 12.9. The van der Waals surface area contributed by atoms with Crippen LogP contribution in [-0.4, -0.2) is 33.0 Å². The van der Waals surface area contributed by atoms with E-state index < -0.39 is 7.92 Å². The van der Waals surface area contributed by atoms with Crippen LogP contribution in [0.25, 0.3) is 0 Å². The zero-order valence-corrected chi connectivity index (χ0v) is 23.4. The molecule has 0 heterocycles. The summed E-state index contributed by atoms with van der Waals surface area (Å²) in [4.78, 5) is 0. The molecule has 33 heavy (non-hydrogen) atoms. The van der Waals surface area contributed by atoms with E-state index in [0.29, 0.717) is 0 Å². The van der Waals surface area contributed by atoms with E-state index in [1.807, 2.05) is 0 Å². The molecule has 4 nitrogen and oxygen atoms in total. The lowest BCUT2D eigenvalue weighted by molar-refractivity contribution is 0.0518. The highest BCUT2D eigenvalue weighted by Gasteiger charge is 2.34. The van der Waals surface area contributed by atoms with Crippen molar-refractivity contribution in [2.24, 2.45) is 0 Å². The van der Waals surface area contributed by atoms with Gasteiger partial charge in [0.2, 0.25) is 0 Å². The molecule has 0 aromatic heterocycles. The van der Waals surface area contributed by atoms with Crippen LogP contribution in [-0.2, 0) is 20.3 Å². The van der Waals surface area contributed by atoms with Gasteiger partial charge in [0.25, 0.3) is 0 Å². The van der Waals surface area contributed by atoms with E-state index in [4.69, 9.17) is 18.9 Å². The molecule has 0 aliphatic heterocycles. The fraction of sp³-hybridized carbons (Fsp3) is 0.571. The standard InChI is InChI=1S/C28H43O4P/c1-26(2,3)20-12-14-22(31-18-29-10)24(16-20)33(28(7,8)9)25-17-21(27(4,5)6)13-15-23(25)32-19-30-11/h12-17H,18-19H2,1-11H3. The molecule has 0 radical (unpaired) electrons. The first-order chi connectivity index (χ1) is 15.2. The summed E-state index contributed by atoms with van der Waals surface area (Å²) in [5.41, 5.74) is 2.61. The molecule has 0 aliphatic carbocycles. The predicted molar refractivity (Wildman–Crippen MR) is 141 cm³/mol. The Morgan fingerprint density at radius 1 is 0.606 bits per heavy atom. The van der Waals surface area contributed by atoms with E-state index in [1.54, 1.807) is 14.2 Å². The van der Waals surface area contributed by atoms with Crippen LogP contribution in [0.1, 0.15) is 73.4 Å². The van der Waals surface area contributed by atoms with Crippen LogP contribution < -0.4 is 20.1 Å². The summed E-state index contributed by atoms with van der Waals surface area (Å²) >= 11 is 0. The smallest absolute Gasteiger partial charge is 0.188 e. The highest BCUT2D eigenvalue weighted by Crippen LogP contribution is 2.52. The third kappa shape index (κ3) is 7.18. The molecule has 184 valence electrons. The number of ether oxygens (including phenoxy) is 4. The van der Waals surface area contributed by atoms with Gasteiger partial charge in [0.15, 0.2) is 13.6 Å². The highest BCUT2D eigenvalue weighted by atomic mass is 31.1. The number of benzene rings is 2. The first-order valence-electron chi connectivity index (χ1n) is 11.5. The molecule has 0 fully saturated rings. The summed E-state index contributed by atoms with van der Waals surface area (Å²) in [6.07, 6.45) is 0. The third-order valence-corrected chi connectivity index (χ3v) is 8.47. The summed E-state index contributed by atoms with van der Waals surface area (Å²) < 4.78 is 22.7. The second-order valence-electron chi connectivity index (χ2n) is 11.5. The van der Waals surface area contributed by atoms with Crippen molar-refractivity contribution in [2.45, 2.75) is 78.3 Å². The fourth-order valence-electron chi connectivity index (χ4n) is 3.66. The quantitative estimate of drug-likeness (QED) is 0.324. The van der Waals surface area contributed by atoms with Crippen molar-refractivity contribution < 1.29 is 18.9 Å². The zero-order chi connectivity index (χ0) is 25.0. The molecule has 5 heteroatoms. The van der Waals surface area contributed by atoms with Crippen molar-refractivity contribution >= 4 is 18.5 Å². The van der Waals surface area contributed by atoms with Crippen LogP contribution in [0.3, 0.4) is 0 Å². The molecular formula is C28H43O4P. The van der Waals surface area contributed by atoms with E-state index in [2.05, 4.69) is 98.7 Å². The van der Waals surface area contributed by atoms with Crippen molar-refractivity contribution in [3.8, 4) is 11.5 Å². The van der Waals surface area contributed by atoms with Gasteiger partial charge in [-0.2, -0.15) is 0 Å². The molecule has 0 bridgehead atoms. The topological polar surface area (TPSA) is 36.9 Å². The van der Waals surface area contributed by atoms with Crippen LogP contribution in [0.15, 0.2) is 36.4 Å². The Balaban J connectivity index is 2.85. The highest BCUT2D eigenvalue weighted by molar-refractivity contribution is 7.74. The molecular weight excluding hydrogens is 431 g/mol. The van der Waals surface area contributed by atoms with Crippen LogP contribution in [0.2, 0.25) is 0 Å². The van der Waals surface area contributed by atoms with E-state index >= 15 is 0 Å². The van der Waals surface area contributed by atoms with Crippen LogP contribution in [0.5, 0.6) is 11.5 Å². The van der Waals surface area contributed by atoms with Gasteiger partial charge in [-0.1, -0.05) is 74.4 Å². The minimum absolute atomic E-state index is 0.0239. The molecule has 0 aliphatic rings. The van der Waals surface area contributed by atoms with Crippen molar-refractivity contribution in [1.29, 1.82) is 0 Å². The Hall–Kier alpha value is -1.61. The zero-order valence-electron chi connectivity index (χ0n) is 22.5. The average molecular weight is 475 g/mol. The summed E-state index contributed by atoms with van der Waals surface area (Å²) in [6.45, 7) is 20.8. The molecule has 0 spiro atoms. The normalized spacial score (nSPS) is 12.8. The number of rotatable bonds is 8. The number of hydrogen-bond donors (Lipinski definition) is 0. The average Bonchev–Trinajstić information content (AvgIpc) is 2.69. The minimum Gasteiger partial charge on any atom is -0.467 e. The Morgan fingerprint density at radius 3 is 1.24 bits per heavy atom. The largest absolute Gasteiger partial charge is 0.467 e. The second kappa shape index (κ2) is 10.8. The van der Waals surface area contributed by atoms with Gasteiger partial charge in [-0.15, -0.1) is 0 Å². The lowest BCUT2D eigenvalue weighted by atomic mass is 9.87. The lowest BCUT2D eigenvalue weighted by Crippen LogP contribution is -2.30. The summed E-state index contributed by atoms with van der Waals surface area (Å²) in [6, 6.07) is 13.2. The lowest BCUT2D eigenvalue weighted by Gasteiger charge is -2.36. The molecule has 0 amide bonds. The molecule has 2 rings (SSSR count). The molecule has 2 aromatic carbocycles. The minimum atomic E-state index is -0.854. The van der Waals surface area contributed by atoms with E-state index in [9.17, 15) is 0 Å². The number of hydrogen-bond acceptors (Lipinski definition) is 4. The van der Waals surface area contributed by atoms with Gasteiger partial charge in [-0.3, -0.25) is 0 Å². The number of methoxy groups -OCH3 is 2. The fourth-order valence-corrected chi connectivity index (χ4v) is 6.62. The second-order valence-corrected chi connectivity index (χ2v) is 14.4. The van der Waals surface area contributed by atoms with Crippen molar-refractivity contribution in [3.05, 3.63) is 47.5 Å². The van der Waals surface area contributed by atoms with Crippen molar-refractivity contribution in [2.75, 3.05) is 27.8 Å². The van der Waals surface area contributed by atoms with E-state index in [0.717, 1.165) is 11.5 Å². The van der Waals surface area contributed by atoms with Gasteiger partial charge in [0.1, 0.15) is 11.5 Å². The summed E-state index contributed by atoms with van der Waals surface area (Å²) in [7, 11) is 2.45.